The highest BCUT2D eigenvalue weighted by molar-refractivity contribution is 7.86. The molecule has 2 aliphatic rings. The standard InChI is InChI=1S/C13H26N2O2S/c1-12-8-10-15(11-9-12)18(16,17)14(2)13-6-4-3-5-7-13/h12-13H,3-11H2,1-2H3. The third-order valence-corrected chi connectivity index (χ3v) is 6.57. The van der Waals surface area contributed by atoms with E-state index in [1.165, 1.54) is 19.3 Å². The van der Waals surface area contributed by atoms with Gasteiger partial charge in [-0.1, -0.05) is 26.2 Å². The summed E-state index contributed by atoms with van der Waals surface area (Å²) >= 11 is 0. The number of nitrogens with zero attached hydrogens (tertiary/aromatic N) is 2. The lowest BCUT2D eigenvalue weighted by Crippen LogP contribution is -2.49. The molecule has 1 saturated heterocycles. The third-order valence-electron chi connectivity index (χ3n) is 4.52. The Morgan fingerprint density at radius 3 is 2.11 bits per heavy atom. The van der Waals surface area contributed by atoms with Gasteiger partial charge in [-0.05, 0) is 31.6 Å². The Morgan fingerprint density at radius 1 is 1.00 bits per heavy atom. The molecule has 0 aromatic rings. The van der Waals surface area contributed by atoms with E-state index in [0.717, 1.165) is 25.7 Å². The SMILES string of the molecule is CC1CCN(S(=O)(=O)N(C)C2CCCCC2)CC1. The molecule has 1 saturated carbocycles. The van der Waals surface area contributed by atoms with Crippen LogP contribution >= 0.6 is 0 Å². The van der Waals surface area contributed by atoms with Gasteiger partial charge < -0.3 is 0 Å². The van der Waals surface area contributed by atoms with Crippen LogP contribution in [0.15, 0.2) is 0 Å². The Labute approximate surface area is 112 Å². The Kier molecular flexibility index (Phi) is 4.67. The molecule has 1 aliphatic carbocycles. The van der Waals surface area contributed by atoms with Crippen molar-refractivity contribution in [2.45, 2.75) is 57.9 Å². The summed E-state index contributed by atoms with van der Waals surface area (Å²) in [6.45, 7) is 3.59. The molecule has 18 heavy (non-hydrogen) atoms. The second kappa shape index (κ2) is 5.88. The molecule has 2 fully saturated rings. The van der Waals surface area contributed by atoms with E-state index in [1.807, 2.05) is 0 Å². The van der Waals surface area contributed by atoms with E-state index in [2.05, 4.69) is 6.92 Å². The van der Waals surface area contributed by atoms with Crippen LogP contribution in [0, 0.1) is 5.92 Å². The molecule has 0 radical (unpaired) electrons. The van der Waals surface area contributed by atoms with Crippen molar-refractivity contribution in [3.8, 4) is 0 Å². The van der Waals surface area contributed by atoms with E-state index in [0.29, 0.717) is 19.0 Å². The Bertz CT molecular complexity index is 355. The van der Waals surface area contributed by atoms with Crippen LogP contribution in [0.2, 0.25) is 0 Å². The van der Waals surface area contributed by atoms with Crippen molar-refractivity contribution < 1.29 is 8.42 Å². The van der Waals surface area contributed by atoms with Crippen LogP contribution in [0.1, 0.15) is 51.9 Å². The van der Waals surface area contributed by atoms with Gasteiger partial charge in [-0.15, -0.1) is 0 Å². The molecular formula is C13H26N2O2S. The molecule has 5 heteroatoms. The molecule has 0 aromatic heterocycles. The summed E-state index contributed by atoms with van der Waals surface area (Å²) in [6.07, 6.45) is 7.64. The lowest BCUT2D eigenvalue weighted by atomic mass is 9.96. The van der Waals surface area contributed by atoms with Gasteiger partial charge in [0.25, 0.3) is 10.2 Å². The summed E-state index contributed by atoms with van der Waals surface area (Å²) in [5.41, 5.74) is 0. The average Bonchev–Trinajstić information content (AvgIpc) is 2.39. The van der Waals surface area contributed by atoms with Gasteiger partial charge in [-0.25, -0.2) is 0 Å². The maximum atomic E-state index is 12.5. The lowest BCUT2D eigenvalue weighted by Gasteiger charge is -2.37. The highest BCUT2D eigenvalue weighted by Gasteiger charge is 2.34. The van der Waals surface area contributed by atoms with Crippen molar-refractivity contribution in [3.05, 3.63) is 0 Å². The first-order valence-electron chi connectivity index (χ1n) is 7.25. The minimum atomic E-state index is -3.22. The van der Waals surface area contributed by atoms with Crippen LogP contribution in [0.25, 0.3) is 0 Å². The number of piperidine rings is 1. The van der Waals surface area contributed by atoms with Crippen LogP contribution < -0.4 is 0 Å². The van der Waals surface area contributed by atoms with Crippen LogP contribution in [0.5, 0.6) is 0 Å². The van der Waals surface area contributed by atoms with Gasteiger partial charge in [0.15, 0.2) is 0 Å². The van der Waals surface area contributed by atoms with Crippen LogP contribution in [-0.4, -0.2) is 43.2 Å². The van der Waals surface area contributed by atoms with Gasteiger partial charge in [0.1, 0.15) is 0 Å². The van der Waals surface area contributed by atoms with Crippen molar-refractivity contribution in [1.29, 1.82) is 0 Å². The minimum Gasteiger partial charge on any atom is -0.195 e. The van der Waals surface area contributed by atoms with E-state index in [1.54, 1.807) is 15.7 Å². The van der Waals surface area contributed by atoms with Crippen LogP contribution in [0.3, 0.4) is 0 Å². The second-order valence-corrected chi connectivity index (χ2v) is 7.89. The lowest BCUT2D eigenvalue weighted by molar-refractivity contribution is 0.236. The average molecular weight is 274 g/mol. The van der Waals surface area contributed by atoms with Crippen LogP contribution in [-0.2, 0) is 10.2 Å². The fourth-order valence-electron chi connectivity index (χ4n) is 3.03. The van der Waals surface area contributed by atoms with E-state index in [4.69, 9.17) is 0 Å². The Hall–Kier alpha value is -0.130. The molecule has 0 spiro atoms. The molecule has 0 amide bonds. The van der Waals surface area contributed by atoms with Gasteiger partial charge in [-0.3, -0.25) is 0 Å². The van der Waals surface area contributed by atoms with Crippen molar-refractivity contribution >= 4 is 10.2 Å². The number of hydrogen-bond donors (Lipinski definition) is 0. The van der Waals surface area contributed by atoms with E-state index < -0.39 is 10.2 Å². The van der Waals surface area contributed by atoms with Crippen molar-refractivity contribution in [2.24, 2.45) is 5.92 Å². The van der Waals surface area contributed by atoms with Crippen molar-refractivity contribution in [3.63, 3.8) is 0 Å². The monoisotopic (exact) mass is 274 g/mol. The zero-order valence-corrected chi connectivity index (χ0v) is 12.5. The Balaban J connectivity index is 2.00. The maximum Gasteiger partial charge on any atom is 0.281 e. The zero-order valence-electron chi connectivity index (χ0n) is 11.6. The molecule has 0 atom stereocenters. The number of hydrogen-bond acceptors (Lipinski definition) is 2. The summed E-state index contributed by atoms with van der Waals surface area (Å²) in [5.74, 6) is 0.663. The molecule has 1 heterocycles. The predicted octanol–water partition coefficient (Wildman–Crippen LogP) is 2.23. The first-order chi connectivity index (χ1) is 8.51. The molecule has 4 nitrogen and oxygen atoms in total. The number of rotatable bonds is 3. The molecule has 106 valence electrons. The van der Waals surface area contributed by atoms with E-state index in [9.17, 15) is 8.42 Å². The summed E-state index contributed by atoms with van der Waals surface area (Å²) in [6, 6.07) is 0.225. The molecule has 0 aromatic carbocycles. The smallest absolute Gasteiger partial charge is 0.195 e. The first-order valence-corrected chi connectivity index (χ1v) is 8.64. The predicted molar refractivity (Wildman–Crippen MR) is 73.5 cm³/mol. The molecule has 1 aliphatic heterocycles. The first kappa shape index (κ1) is 14.3. The highest BCUT2D eigenvalue weighted by Crippen LogP contribution is 2.26. The molecule has 2 rings (SSSR count). The van der Waals surface area contributed by atoms with Gasteiger partial charge in [0.05, 0.1) is 0 Å². The van der Waals surface area contributed by atoms with Gasteiger partial charge in [0.2, 0.25) is 0 Å². The second-order valence-electron chi connectivity index (χ2n) is 5.90. The highest BCUT2D eigenvalue weighted by atomic mass is 32.2. The summed E-state index contributed by atoms with van der Waals surface area (Å²) in [5, 5.41) is 0. The Morgan fingerprint density at radius 2 is 1.56 bits per heavy atom. The quantitative estimate of drug-likeness (QED) is 0.792. The fraction of sp³-hybridized carbons (Fsp3) is 1.00. The third kappa shape index (κ3) is 3.06. The van der Waals surface area contributed by atoms with Crippen LogP contribution in [0.4, 0.5) is 0 Å². The van der Waals surface area contributed by atoms with Gasteiger partial charge in [-0.2, -0.15) is 17.0 Å². The zero-order chi connectivity index (χ0) is 13.2. The van der Waals surface area contributed by atoms with Gasteiger partial charge in [0, 0.05) is 26.2 Å². The van der Waals surface area contributed by atoms with Crippen molar-refractivity contribution in [1.82, 2.24) is 8.61 Å². The minimum absolute atomic E-state index is 0.225. The van der Waals surface area contributed by atoms with E-state index in [-0.39, 0.29) is 6.04 Å². The molecule has 0 N–H and O–H groups in total. The molecule has 0 bridgehead atoms. The van der Waals surface area contributed by atoms with E-state index >= 15 is 0 Å². The summed E-state index contributed by atoms with van der Waals surface area (Å²) in [7, 11) is -1.45. The molecule has 0 unspecified atom stereocenters. The largest absolute Gasteiger partial charge is 0.281 e. The van der Waals surface area contributed by atoms with Crippen molar-refractivity contribution in [2.75, 3.05) is 20.1 Å². The topological polar surface area (TPSA) is 40.6 Å². The maximum absolute atomic E-state index is 12.5. The fourth-order valence-corrected chi connectivity index (χ4v) is 4.65. The summed E-state index contributed by atoms with van der Waals surface area (Å²) < 4.78 is 28.4. The molecular weight excluding hydrogens is 248 g/mol. The normalized spacial score (nSPS) is 25.7. The summed E-state index contributed by atoms with van der Waals surface area (Å²) in [4.78, 5) is 0. The van der Waals surface area contributed by atoms with Gasteiger partial charge >= 0.3 is 0 Å².